The quantitative estimate of drug-likeness (QED) is 0.249. The van der Waals surface area contributed by atoms with Gasteiger partial charge in [0.2, 0.25) is 11.2 Å². The topological polar surface area (TPSA) is 94.2 Å². The molecule has 0 atom stereocenters. The van der Waals surface area contributed by atoms with Gasteiger partial charge in [-0.05, 0) is 60.9 Å². The molecule has 10 heteroatoms. The first kappa shape index (κ1) is 25.1. The second-order valence-corrected chi connectivity index (χ2v) is 8.99. The predicted octanol–water partition coefficient (Wildman–Crippen LogP) is 4.76. The highest BCUT2D eigenvalue weighted by Gasteiger charge is 2.36. The molecule has 2 aromatic heterocycles. The van der Waals surface area contributed by atoms with Crippen molar-refractivity contribution < 1.29 is 35.8 Å². The molecule has 2 heterocycles. The second kappa shape index (κ2) is 9.40. The van der Waals surface area contributed by atoms with E-state index in [0.717, 1.165) is 16.6 Å². The molecule has 6 nitrogen and oxygen atoms in total. The summed E-state index contributed by atoms with van der Waals surface area (Å²) >= 11 is 0. The number of rotatable bonds is 2. The number of pyridine rings is 2. The van der Waals surface area contributed by atoms with Crippen molar-refractivity contribution in [2.75, 3.05) is 0 Å². The molecule has 0 saturated heterocycles. The molecule has 1 N–H and O–H groups in total. The standard InChI is InChI=1S/C23H20N2O.CHF3O3S/c1-15-13-18-8-10-19(25(3)21(18)14-16(15)2)9-7-17-11-12-24-23-20(17)5-4-6-22(23)26;2-1(3,4)8(5,6)7/h4-14H,1-3H3;(H,5,6,7). The third-order valence-electron chi connectivity index (χ3n) is 5.33. The summed E-state index contributed by atoms with van der Waals surface area (Å²) in [6.07, 6.45) is 5.91. The zero-order valence-corrected chi connectivity index (χ0v) is 19.3. The van der Waals surface area contributed by atoms with Crippen molar-refractivity contribution in [3.05, 3.63) is 77.1 Å². The lowest BCUT2D eigenvalue weighted by molar-refractivity contribution is -0.646. The Morgan fingerprint density at radius 2 is 1.68 bits per heavy atom. The molecule has 0 unspecified atom stereocenters. The third-order valence-corrected chi connectivity index (χ3v) is 5.89. The van der Waals surface area contributed by atoms with E-state index in [-0.39, 0.29) is 5.75 Å². The highest BCUT2D eigenvalue weighted by atomic mass is 32.2. The molecular formula is C24H21F3N2O4S. The fourth-order valence-corrected chi connectivity index (χ4v) is 3.34. The molecule has 178 valence electrons. The largest absolute Gasteiger partial charge is 0.741 e. The normalized spacial score (nSPS) is 12.2. The van der Waals surface area contributed by atoms with Crippen LogP contribution in [0.25, 0.3) is 34.0 Å². The van der Waals surface area contributed by atoms with Gasteiger partial charge in [0.15, 0.2) is 10.1 Å². The van der Waals surface area contributed by atoms with Crippen molar-refractivity contribution >= 4 is 44.1 Å². The Balaban J connectivity index is 0.000000350. The molecular weight excluding hydrogens is 469 g/mol. The van der Waals surface area contributed by atoms with E-state index >= 15 is 0 Å². The van der Waals surface area contributed by atoms with Gasteiger partial charge >= 0.3 is 5.51 Å². The molecule has 4 rings (SSSR count). The fourth-order valence-electron chi connectivity index (χ4n) is 3.34. The summed E-state index contributed by atoms with van der Waals surface area (Å²) in [5.74, 6) is 0.208. The molecule has 0 radical (unpaired) electrons. The van der Waals surface area contributed by atoms with E-state index in [2.05, 4.69) is 66.9 Å². The van der Waals surface area contributed by atoms with Crippen LogP contribution in [-0.2, 0) is 17.2 Å². The molecule has 0 spiro atoms. The Labute approximate surface area is 194 Å². The zero-order chi connectivity index (χ0) is 25.3. The Morgan fingerprint density at radius 3 is 2.32 bits per heavy atom. The number of benzene rings is 2. The van der Waals surface area contributed by atoms with Crippen molar-refractivity contribution in [3.8, 4) is 5.75 Å². The number of halogens is 3. The first-order chi connectivity index (χ1) is 15.8. The Bertz CT molecular complexity index is 1510. The van der Waals surface area contributed by atoms with Crippen LogP contribution in [0.2, 0.25) is 0 Å². The Morgan fingerprint density at radius 1 is 1.03 bits per heavy atom. The molecule has 34 heavy (non-hydrogen) atoms. The number of aromatic hydroxyl groups is 1. The van der Waals surface area contributed by atoms with E-state index in [1.165, 1.54) is 22.0 Å². The molecule has 0 bridgehead atoms. The van der Waals surface area contributed by atoms with Gasteiger partial charge in [-0.15, -0.1) is 0 Å². The van der Waals surface area contributed by atoms with Crippen LogP contribution in [0.15, 0.2) is 54.7 Å². The van der Waals surface area contributed by atoms with E-state index in [1.54, 1.807) is 12.3 Å². The minimum atomic E-state index is -6.09. The SMILES string of the molecule is Cc1cc2ccc(C=Cc3ccnc4c(O)cccc34)[n+](C)c2cc1C.O=S(=O)([O-])C(F)(F)F. The van der Waals surface area contributed by atoms with Gasteiger partial charge in [-0.2, -0.15) is 17.7 Å². The smallest absolute Gasteiger partial charge is 0.485 e. The monoisotopic (exact) mass is 490 g/mol. The summed E-state index contributed by atoms with van der Waals surface area (Å²) < 4.78 is 61.1. The summed E-state index contributed by atoms with van der Waals surface area (Å²) in [6, 6.07) is 16.2. The van der Waals surface area contributed by atoms with Gasteiger partial charge < -0.3 is 9.66 Å². The number of nitrogens with zero attached hydrogens (tertiary/aromatic N) is 2. The van der Waals surface area contributed by atoms with Crippen LogP contribution in [0.4, 0.5) is 13.2 Å². The number of para-hydroxylation sites is 1. The minimum absolute atomic E-state index is 0.208. The fraction of sp³-hybridized carbons (Fsp3) is 0.167. The first-order valence-corrected chi connectivity index (χ1v) is 11.4. The molecule has 0 fully saturated rings. The molecule has 2 aromatic carbocycles. The number of phenols is 1. The zero-order valence-electron chi connectivity index (χ0n) is 18.5. The maximum absolute atomic E-state index is 10.7. The van der Waals surface area contributed by atoms with Gasteiger partial charge in [-0.3, -0.25) is 4.98 Å². The number of fused-ring (bicyclic) bond motifs is 2. The summed E-state index contributed by atoms with van der Waals surface area (Å²) in [4.78, 5) is 4.28. The highest BCUT2D eigenvalue weighted by molar-refractivity contribution is 7.86. The molecule has 0 aliphatic rings. The van der Waals surface area contributed by atoms with E-state index < -0.39 is 15.6 Å². The number of hydrogen-bond donors (Lipinski definition) is 1. The van der Waals surface area contributed by atoms with Gasteiger partial charge in [0.05, 0.1) is 0 Å². The highest BCUT2D eigenvalue weighted by Crippen LogP contribution is 2.26. The van der Waals surface area contributed by atoms with Crippen molar-refractivity contribution in [1.82, 2.24) is 4.98 Å². The summed E-state index contributed by atoms with van der Waals surface area (Å²) in [5.41, 5.74) is 0.953. The van der Waals surface area contributed by atoms with Gasteiger partial charge in [0.1, 0.15) is 18.3 Å². The van der Waals surface area contributed by atoms with Gasteiger partial charge in [-0.25, -0.2) is 8.42 Å². The molecule has 0 aliphatic heterocycles. The number of hydrogen-bond acceptors (Lipinski definition) is 5. The van der Waals surface area contributed by atoms with E-state index in [9.17, 15) is 18.3 Å². The second-order valence-electron chi connectivity index (χ2n) is 7.62. The van der Waals surface area contributed by atoms with E-state index in [4.69, 9.17) is 13.0 Å². The molecule has 0 saturated carbocycles. The molecule has 0 amide bonds. The maximum atomic E-state index is 10.7. The van der Waals surface area contributed by atoms with Gasteiger partial charge in [0, 0.05) is 35.2 Å². The lowest BCUT2D eigenvalue weighted by Gasteiger charge is -2.08. The number of aromatic nitrogens is 2. The van der Waals surface area contributed by atoms with Crippen LogP contribution in [0.3, 0.4) is 0 Å². The van der Waals surface area contributed by atoms with E-state index in [0.29, 0.717) is 5.52 Å². The Kier molecular flexibility index (Phi) is 6.94. The maximum Gasteiger partial charge on any atom is 0.485 e. The van der Waals surface area contributed by atoms with Crippen LogP contribution in [0.5, 0.6) is 5.75 Å². The minimum Gasteiger partial charge on any atom is -0.741 e. The predicted molar refractivity (Wildman–Crippen MR) is 123 cm³/mol. The summed E-state index contributed by atoms with van der Waals surface area (Å²) in [5, 5.41) is 12.2. The van der Waals surface area contributed by atoms with Crippen molar-refractivity contribution in [2.45, 2.75) is 19.4 Å². The van der Waals surface area contributed by atoms with Crippen LogP contribution >= 0.6 is 0 Å². The number of phenolic OH excluding ortho intramolecular Hbond substituents is 1. The third kappa shape index (κ3) is 5.35. The van der Waals surface area contributed by atoms with Crippen LogP contribution in [0, 0.1) is 13.8 Å². The van der Waals surface area contributed by atoms with Gasteiger partial charge in [0.25, 0.3) is 0 Å². The van der Waals surface area contributed by atoms with Crippen molar-refractivity contribution in [3.63, 3.8) is 0 Å². The summed E-state index contributed by atoms with van der Waals surface area (Å²) in [6.45, 7) is 4.29. The van der Waals surface area contributed by atoms with E-state index in [1.807, 2.05) is 18.2 Å². The van der Waals surface area contributed by atoms with Crippen molar-refractivity contribution in [1.29, 1.82) is 0 Å². The summed E-state index contributed by atoms with van der Waals surface area (Å²) in [7, 11) is -4.00. The lowest BCUT2D eigenvalue weighted by Crippen LogP contribution is -2.32. The number of aryl methyl sites for hydroxylation is 3. The Hall–Kier alpha value is -3.50. The average molecular weight is 491 g/mol. The lowest BCUT2D eigenvalue weighted by atomic mass is 10.0. The van der Waals surface area contributed by atoms with Crippen molar-refractivity contribution in [2.24, 2.45) is 7.05 Å². The first-order valence-electron chi connectivity index (χ1n) is 9.96. The molecule has 0 aliphatic carbocycles. The molecule has 4 aromatic rings. The van der Waals surface area contributed by atoms with Crippen LogP contribution in [-0.4, -0.2) is 28.6 Å². The van der Waals surface area contributed by atoms with Crippen LogP contribution in [0.1, 0.15) is 22.4 Å². The number of alkyl halides is 3. The van der Waals surface area contributed by atoms with Gasteiger partial charge in [-0.1, -0.05) is 12.1 Å². The van der Waals surface area contributed by atoms with Crippen LogP contribution < -0.4 is 4.57 Å². The average Bonchev–Trinajstić information content (AvgIpc) is 2.74.